The second kappa shape index (κ2) is 8.95. The van der Waals surface area contributed by atoms with Gasteiger partial charge in [-0.15, -0.1) is 11.3 Å². The molecule has 1 saturated heterocycles. The zero-order valence-corrected chi connectivity index (χ0v) is 19.1. The quantitative estimate of drug-likeness (QED) is 0.377. The van der Waals surface area contributed by atoms with Crippen LogP contribution in [-0.4, -0.2) is 32.9 Å². The minimum Gasteiger partial charge on any atom is -0.348 e. The highest BCUT2D eigenvalue weighted by molar-refractivity contribution is 7.15. The largest absolute Gasteiger partial charge is 0.348 e. The molecule has 5 rings (SSSR count). The Bertz CT molecular complexity index is 1060. The third-order valence-electron chi connectivity index (χ3n) is 5.94. The summed E-state index contributed by atoms with van der Waals surface area (Å²) in [5.74, 6) is 1.54. The third-order valence-corrected chi connectivity index (χ3v) is 7.46. The van der Waals surface area contributed by atoms with E-state index in [1.165, 1.54) is 21.0 Å². The van der Waals surface area contributed by atoms with Crippen LogP contribution in [0.15, 0.2) is 60.9 Å². The molecule has 0 spiro atoms. The van der Waals surface area contributed by atoms with Gasteiger partial charge in [-0.2, -0.15) is 0 Å². The Labute approximate surface area is 192 Å². The fourth-order valence-electron chi connectivity index (χ4n) is 4.15. The van der Waals surface area contributed by atoms with E-state index >= 15 is 0 Å². The zero-order chi connectivity index (χ0) is 21.2. The van der Waals surface area contributed by atoms with E-state index in [4.69, 9.17) is 16.6 Å². The van der Waals surface area contributed by atoms with E-state index in [-0.39, 0.29) is 0 Å². The van der Waals surface area contributed by atoms with Gasteiger partial charge in [0.25, 0.3) is 0 Å². The molecule has 6 heteroatoms. The van der Waals surface area contributed by atoms with Crippen molar-refractivity contribution in [2.45, 2.75) is 32.2 Å². The molecule has 1 fully saturated rings. The number of halogens is 1. The molecule has 0 unspecified atom stereocenters. The van der Waals surface area contributed by atoms with Crippen LogP contribution < -0.4 is 0 Å². The molecule has 1 aliphatic heterocycles. The molecule has 0 atom stereocenters. The summed E-state index contributed by atoms with van der Waals surface area (Å²) in [4.78, 5) is 16.5. The topological polar surface area (TPSA) is 44.8 Å². The number of piperidine rings is 1. The van der Waals surface area contributed by atoms with E-state index in [1.807, 2.05) is 35.9 Å². The molecule has 158 valence electrons. The van der Waals surface area contributed by atoms with Gasteiger partial charge in [0.15, 0.2) is 0 Å². The Morgan fingerprint density at radius 2 is 1.74 bits per heavy atom. The number of hydrogen-bond acceptors (Lipinski definition) is 4. The van der Waals surface area contributed by atoms with Gasteiger partial charge >= 0.3 is 0 Å². The van der Waals surface area contributed by atoms with Crippen LogP contribution in [0, 0.1) is 6.92 Å². The van der Waals surface area contributed by atoms with E-state index in [9.17, 15) is 0 Å². The molecule has 0 bridgehead atoms. The Kier molecular flexibility index (Phi) is 5.90. The normalized spacial score (nSPS) is 15.4. The van der Waals surface area contributed by atoms with E-state index in [2.05, 4.69) is 58.2 Å². The standard InChI is InChI=1S/C25H25ClN4S/c1-17-2-4-19(5-3-17)24-23(18-6-8-21(26)9-7-18)29-25(31-24)20-10-14-30(15-11-20)16-22-27-12-13-28-22/h2-9,12-13,20H,10-11,14-16H2,1H3,(H,27,28). The maximum Gasteiger partial charge on any atom is 0.120 e. The van der Waals surface area contributed by atoms with Crippen LogP contribution in [0.25, 0.3) is 21.7 Å². The average molecular weight is 449 g/mol. The Morgan fingerprint density at radius 1 is 1.03 bits per heavy atom. The van der Waals surface area contributed by atoms with Crippen molar-refractivity contribution >= 4 is 22.9 Å². The lowest BCUT2D eigenvalue weighted by Gasteiger charge is -2.30. The number of aryl methyl sites for hydroxylation is 1. The summed E-state index contributed by atoms with van der Waals surface area (Å²) in [6.07, 6.45) is 5.97. The lowest BCUT2D eigenvalue weighted by atomic mass is 9.97. The summed E-state index contributed by atoms with van der Waals surface area (Å²) in [5, 5.41) is 2.00. The monoisotopic (exact) mass is 448 g/mol. The second-order valence-electron chi connectivity index (χ2n) is 8.19. The molecule has 3 heterocycles. The van der Waals surface area contributed by atoms with E-state index < -0.39 is 0 Å². The molecule has 0 saturated carbocycles. The van der Waals surface area contributed by atoms with Crippen molar-refractivity contribution in [2.75, 3.05) is 13.1 Å². The fraction of sp³-hybridized carbons (Fsp3) is 0.280. The predicted molar refractivity (Wildman–Crippen MR) is 129 cm³/mol. The van der Waals surface area contributed by atoms with Gasteiger partial charge < -0.3 is 4.98 Å². The maximum atomic E-state index is 6.14. The van der Waals surface area contributed by atoms with Gasteiger partial charge in [-0.05, 0) is 50.6 Å². The van der Waals surface area contributed by atoms with Crippen molar-refractivity contribution in [3.63, 3.8) is 0 Å². The van der Waals surface area contributed by atoms with Gasteiger partial charge in [0, 0.05) is 28.9 Å². The maximum absolute atomic E-state index is 6.14. The highest BCUT2D eigenvalue weighted by Crippen LogP contribution is 2.41. The molecule has 0 aliphatic carbocycles. The van der Waals surface area contributed by atoms with Crippen molar-refractivity contribution < 1.29 is 0 Å². The average Bonchev–Trinajstić information content (AvgIpc) is 3.46. The van der Waals surface area contributed by atoms with Crippen molar-refractivity contribution in [1.82, 2.24) is 19.9 Å². The summed E-state index contributed by atoms with van der Waals surface area (Å²) in [6.45, 7) is 5.16. The molecule has 1 aliphatic rings. The SMILES string of the molecule is Cc1ccc(-c2sc(C3CCN(Cc4ncc[nH]4)CC3)nc2-c2ccc(Cl)cc2)cc1. The molecule has 0 radical (unpaired) electrons. The number of nitrogens with zero attached hydrogens (tertiary/aromatic N) is 3. The second-order valence-corrected chi connectivity index (χ2v) is 9.66. The van der Waals surface area contributed by atoms with Crippen LogP contribution in [0.1, 0.15) is 35.2 Å². The first-order valence-corrected chi connectivity index (χ1v) is 11.9. The first-order chi connectivity index (χ1) is 15.2. The Hall–Kier alpha value is -2.47. The molecule has 0 amide bonds. The summed E-state index contributed by atoms with van der Waals surface area (Å²) < 4.78 is 0. The van der Waals surface area contributed by atoms with Crippen LogP contribution in [0.3, 0.4) is 0 Å². The highest BCUT2D eigenvalue weighted by Gasteiger charge is 2.26. The molecule has 1 N–H and O–H groups in total. The van der Waals surface area contributed by atoms with Gasteiger partial charge in [0.1, 0.15) is 5.82 Å². The van der Waals surface area contributed by atoms with Crippen molar-refractivity contribution in [3.8, 4) is 21.7 Å². The molecular weight excluding hydrogens is 424 g/mol. The predicted octanol–water partition coefficient (Wildman–Crippen LogP) is 6.54. The minimum atomic E-state index is 0.503. The number of aromatic amines is 1. The van der Waals surface area contributed by atoms with Crippen LogP contribution in [0.5, 0.6) is 0 Å². The molecular formula is C25H25ClN4S. The lowest BCUT2D eigenvalue weighted by Crippen LogP contribution is -2.32. The van der Waals surface area contributed by atoms with E-state index in [0.29, 0.717) is 5.92 Å². The van der Waals surface area contributed by atoms with Crippen LogP contribution in [0.4, 0.5) is 0 Å². The number of thiazole rings is 1. The van der Waals surface area contributed by atoms with Gasteiger partial charge in [0.05, 0.1) is 22.1 Å². The summed E-state index contributed by atoms with van der Waals surface area (Å²) in [7, 11) is 0. The third kappa shape index (κ3) is 4.59. The fourth-order valence-corrected chi connectivity index (χ4v) is 5.54. The lowest BCUT2D eigenvalue weighted by molar-refractivity contribution is 0.200. The Morgan fingerprint density at radius 3 is 2.42 bits per heavy atom. The van der Waals surface area contributed by atoms with E-state index in [0.717, 1.165) is 54.6 Å². The Balaban J connectivity index is 1.41. The summed E-state index contributed by atoms with van der Waals surface area (Å²) in [6, 6.07) is 16.8. The minimum absolute atomic E-state index is 0.503. The van der Waals surface area contributed by atoms with Crippen molar-refractivity contribution in [1.29, 1.82) is 0 Å². The molecule has 2 aromatic carbocycles. The smallest absolute Gasteiger partial charge is 0.120 e. The van der Waals surface area contributed by atoms with E-state index in [1.54, 1.807) is 0 Å². The zero-order valence-electron chi connectivity index (χ0n) is 17.5. The number of benzene rings is 2. The van der Waals surface area contributed by atoms with Crippen LogP contribution >= 0.6 is 22.9 Å². The van der Waals surface area contributed by atoms with Gasteiger partial charge in [-0.1, -0.05) is 53.6 Å². The molecule has 4 aromatic rings. The van der Waals surface area contributed by atoms with Gasteiger partial charge in [-0.3, -0.25) is 4.90 Å². The number of aromatic nitrogens is 3. The van der Waals surface area contributed by atoms with Gasteiger partial charge in [-0.25, -0.2) is 9.97 Å². The summed E-state index contributed by atoms with van der Waals surface area (Å²) >= 11 is 7.98. The molecule has 2 aromatic heterocycles. The van der Waals surface area contributed by atoms with Crippen LogP contribution in [-0.2, 0) is 6.54 Å². The van der Waals surface area contributed by atoms with Crippen molar-refractivity contribution in [3.05, 3.63) is 82.3 Å². The number of nitrogens with one attached hydrogen (secondary N) is 1. The molecule has 31 heavy (non-hydrogen) atoms. The molecule has 4 nitrogen and oxygen atoms in total. The van der Waals surface area contributed by atoms with Gasteiger partial charge in [0.2, 0.25) is 0 Å². The number of hydrogen-bond donors (Lipinski definition) is 1. The first-order valence-electron chi connectivity index (χ1n) is 10.7. The number of likely N-dealkylation sites (tertiary alicyclic amines) is 1. The highest BCUT2D eigenvalue weighted by atomic mass is 35.5. The summed E-state index contributed by atoms with van der Waals surface area (Å²) in [5.41, 5.74) is 4.69. The number of H-pyrrole nitrogens is 1. The number of rotatable bonds is 5. The van der Waals surface area contributed by atoms with Crippen LogP contribution in [0.2, 0.25) is 5.02 Å². The number of imidazole rings is 1. The first kappa shape index (κ1) is 20.4. The van der Waals surface area contributed by atoms with Crippen molar-refractivity contribution in [2.24, 2.45) is 0 Å².